The van der Waals surface area contributed by atoms with Crippen LogP contribution >= 0.6 is 0 Å². The van der Waals surface area contributed by atoms with Gasteiger partial charge in [-0.1, -0.05) is 42.5 Å². The summed E-state index contributed by atoms with van der Waals surface area (Å²) >= 11 is 0. The molecule has 131 heavy (non-hydrogen) atoms. The summed E-state index contributed by atoms with van der Waals surface area (Å²) in [7, 11) is 2.69. The third kappa shape index (κ3) is 25.4. The molecule has 4 saturated heterocycles. The molecule has 13 N–H and O–H groups in total. The van der Waals surface area contributed by atoms with Crippen molar-refractivity contribution in [1.29, 1.82) is 0 Å². The van der Waals surface area contributed by atoms with Crippen molar-refractivity contribution < 1.29 is 180 Å². The fourth-order valence-corrected chi connectivity index (χ4v) is 14.9. The first-order valence-corrected chi connectivity index (χ1v) is 41.9. The van der Waals surface area contributed by atoms with Gasteiger partial charge in [-0.05, 0) is 100 Å². The van der Waals surface area contributed by atoms with E-state index in [1.54, 1.807) is 20.8 Å². The van der Waals surface area contributed by atoms with E-state index >= 15 is 0 Å². The lowest BCUT2D eigenvalue weighted by Crippen LogP contribution is -2.61. The van der Waals surface area contributed by atoms with Crippen molar-refractivity contribution in [3.8, 4) is 34.5 Å². The molecule has 714 valence electrons. The fraction of sp³-hybridized carbons (Fsp3) is 0.523. The number of rotatable bonds is 42. The molecular weight excluding hydrogens is 1740 g/mol. The van der Waals surface area contributed by atoms with Gasteiger partial charge in [0.1, 0.15) is 66.9 Å². The van der Waals surface area contributed by atoms with E-state index in [0.717, 1.165) is 26.9 Å². The third-order valence-electron chi connectivity index (χ3n) is 21.5. The molecule has 0 aliphatic carbocycles. The summed E-state index contributed by atoms with van der Waals surface area (Å²) in [5.41, 5.74) is 0.488. The normalized spacial score (nSPS) is 23.6. The number of anilines is 3. The van der Waals surface area contributed by atoms with E-state index in [0.29, 0.717) is 36.0 Å². The van der Waals surface area contributed by atoms with Gasteiger partial charge in [0.05, 0.1) is 140 Å². The van der Waals surface area contributed by atoms with E-state index in [4.69, 9.17) is 75.8 Å². The average molecular weight is 1850 g/mol. The van der Waals surface area contributed by atoms with Gasteiger partial charge >= 0.3 is 36.3 Å². The number of imide groups is 1. The topological polar surface area (TPSA) is 590 Å². The number of carbonyl (C=O) groups excluding carboxylic acids is 9. The lowest BCUT2D eigenvalue weighted by atomic mass is 9.99. The number of hydrogen-bond acceptors (Lipinski definition) is 35. The van der Waals surface area contributed by atoms with Gasteiger partial charge in [-0.25, -0.2) is 38.6 Å². The van der Waals surface area contributed by atoms with Gasteiger partial charge in [0.2, 0.25) is 18.5 Å². The highest BCUT2D eigenvalue weighted by atomic mass is 16.7. The Morgan fingerprint density at radius 3 is 1.47 bits per heavy atom. The summed E-state index contributed by atoms with van der Waals surface area (Å²) in [5.74, 6) is -6.15. The smallest absolute Gasteiger partial charge is 0.416 e. The molecule has 0 radical (unpaired) electrons. The van der Waals surface area contributed by atoms with Gasteiger partial charge in [-0.15, -0.1) is 0 Å². The fourth-order valence-electron chi connectivity index (χ4n) is 14.9. The summed E-state index contributed by atoms with van der Waals surface area (Å²) in [6.07, 6.45) is -23.2. The van der Waals surface area contributed by atoms with Crippen molar-refractivity contribution in [2.75, 3.05) is 128 Å². The quantitative estimate of drug-likeness (QED) is 0.0130. The Bertz CT molecular complexity index is 4800. The van der Waals surface area contributed by atoms with Crippen molar-refractivity contribution in [1.82, 2.24) is 25.3 Å². The molecule has 0 bridgehead atoms. The van der Waals surface area contributed by atoms with Gasteiger partial charge < -0.3 is 153 Å². The summed E-state index contributed by atoms with van der Waals surface area (Å²) in [4.78, 5) is 150. The number of alkyl carbamates (subject to hydrolysis) is 2. The van der Waals surface area contributed by atoms with Crippen LogP contribution in [-0.2, 0) is 84.6 Å². The molecule has 4 fully saturated rings. The Balaban J connectivity index is 0.659. The van der Waals surface area contributed by atoms with Crippen LogP contribution in [0.5, 0.6) is 34.5 Å². The Morgan fingerprint density at radius 1 is 0.511 bits per heavy atom. The number of carboxylic acid groups (broad SMARTS) is 2. The molecule has 0 unspecified atom stereocenters. The van der Waals surface area contributed by atoms with Crippen LogP contribution in [0.25, 0.3) is 0 Å². The van der Waals surface area contributed by atoms with Crippen LogP contribution in [-0.4, -0.2) is 342 Å². The number of amides is 9. The number of aliphatic hydroxyl groups is 8. The maximum absolute atomic E-state index is 14.7. The first-order chi connectivity index (χ1) is 62.5. The average Bonchev–Trinajstić information content (AvgIpc) is 1.61. The van der Waals surface area contributed by atoms with Crippen molar-refractivity contribution in [2.24, 2.45) is 0 Å². The zero-order valence-corrected chi connectivity index (χ0v) is 72.3. The lowest BCUT2D eigenvalue weighted by molar-refractivity contribution is -0.271. The number of benzene rings is 4. The molecule has 0 spiro atoms. The highest BCUT2D eigenvalue weighted by Gasteiger charge is 2.52. The summed E-state index contributed by atoms with van der Waals surface area (Å²) in [5, 5.41) is 114. The van der Waals surface area contributed by atoms with Crippen molar-refractivity contribution >= 4 is 82.9 Å². The number of hydrogen-bond donors (Lipinski definition) is 13. The Kier molecular flexibility index (Phi) is 34.7. The number of aliphatic hydroxyl groups excluding tert-OH is 8. The molecule has 0 aromatic heterocycles. The largest absolute Gasteiger partial charge is 0.493 e. The molecule has 7 aliphatic heterocycles. The van der Waals surface area contributed by atoms with Gasteiger partial charge in [-0.2, -0.15) is 0 Å². The predicted octanol–water partition coefficient (Wildman–Crippen LogP) is 1.70. The Hall–Kier alpha value is -12.1. The van der Waals surface area contributed by atoms with E-state index < -0.39 is 170 Å². The standard InChI is InChI=1S/C86H108N8O37/c1-45-33-56-76(106)93(84(114)125-43-47-11-14-50(15-12-47)127-80-70(102)66(98)68(100)72(129-80)78(108)109)54-38-61(59(116-6)36-51(54)74(104)90(56)41-45)122-22-9-8-10-23-123-62-39-55-52(37-60(62)117-7)75(105)91-42-46(2)34-57(91)77(107)94(55)85(115)126-44-48-13-16-58(128-81-71(103)67(99)69(101)73(130-81)79(110)111)53(35-48)89-63(95)20-24-118-27-29-120-31-32-121-30-28-119-26-21-87-82(112)124-25-19-49(92-64(96)17-18-65(92)97)40-88-83(113)131-86(3,4)5/h11-18,35-39,49,56-57,66-73,76-77,80-81,98-103,106-107H,1-2,8-10,19-34,40-44H2,3-7H3,(H,87,112)(H,88,113)(H,89,95)(H,108,109)(H,110,111)/t49-,56+,57+,66+,67+,68+,69+,70-,71-,72+,73+,76+,77+,80-,81-/m1/s1. The van der Waals surface area contributed by atoms with E-state index in [1.807, 2.05) is 0 Å². The summed E-state index contributed by atoms with van der Waals surface area (Å²) in [6.45, 7) is 12.8. The van der Waals surface area contributed by atoms with E-state index in [1.165, 1.54) is 90.7 Å². The molecule has 9 amide bonds. The van der Waals surface area contributed by atoms with Gasteiger partial charge in [0, 0.05) is 56.9 Å². The highest BCUT2D eigenvalue weighted by molar-refractivity contribution is 6.13. The van der Waals surface area contributed by atoms with Crippen LogP contribution in [0.1, 0.15) is 97.6 Å². The Labute approximate surface area is 749 Å². The van der Waals surface area contributed by atoms with Crippen LogP contribution in [0.2, 0.25) is 0 Å². The first kappa shape index (κ1) is 99.5. The molecule has 15 atom stereocenters. The molecule has 0 saturated carbocycles. The molecule has 7 aliphatic rings. The van der Waals surface area contributed by atoms with Crippen LogP contribution in [0.4, 0.5) is 36.2 Å². The molecule has 7 heterocycles. The third-order valence-corrected chi connectivity index (χ3v) is 21.5. The second-order valence-electron chi connectivity index (χ2n) is 32.1. The number of aliphatic carboxylic acids is 2. The monoisotopic (exact) mass is 1840 g/mol. The second kappa shape index (κ2) is 45.6. The van der Waals surface area contributed by atoms with Crippen molar-refractivity contribution in [3.05, 3.63) is 125 Å². The molecular formula is C86H108N8O37. The number of unbranched alkanes of at least 4 members (excludes halogenated alkanes) is 2. The number of nitrogens with one attached hydrogen (secondary N) is 3. The van der Waals surface area contributed by atoms with Crippen LogP contribution in [0, 0.1) is 0 Å². The SMILES string of the molecule is C=C1C[C@H]2[C@H](O)N(C(=O)OCc3ccc(O[C@@H]4O[C@H](C(=O)O)[C@@H](O)[C@H](O)[C@H]4O)cc3)c3cc(OCCCCCOc4cc5c(cc4OC)C(=O)N4CC(=C)C[C@H]4[C@H](O)N5C(=O)OCc4ccc(O[C@@H]5O[C@H](C(=O)O)[C@@H](O)[C@H](O)[C@H]5O)c(NC(=O)CCOCCOCCOCCOCCNC(=O)OCC[C@H](CNC(=O)OC(C)(C)C)N5C(=O)C=CC5=O)c4)c(OC)cc3C(=O)N2C1. The van der Waals surface area contributed by atoms with E-state index in [-0.39, 0.29) is 199 Å². The maximum atomic E-state index is 14.7. The first-order valence-electron chi connectivity index (χ1n) is 41.9. The lowest BCUT2D eigenvalue weighted by Gasteiger charge is -2.38. The number of ether oxygens (including phenoxy) is 16. The van der Waals surface area contributed by atoms with Gasteiger partial charge in [-0.3, -0.25) is 28.9 Å². The zero-order chi connectivity index (χ0) is 94.7. The zero-order valence-electron chi connectivity index (χ0n) is 72.3. The predicted molar refractivity (Wildman–Crippen MR) is 448 cm³/mol. The van der Waals surface area contributed by atoms with Crippen molar-refractivity contribution in [3.63, 3.8) is 0 Å². The maximum Gasteiger partial charge on any atom is 0.416 e. The summed E-state index contributed by atoms with van der Waals surface area (Å²) in [6, 6.07) is 12.3. The number of nitrogens with zero attached hydrogens (tertiary/aromatic N) is 5. The van der Waals surface area contributed by atoms with E-state index in [9.17, 15) is 104 Å². The second-order valence-corrected chi connectivity index (χ2v) is 32.1. The summed E-state index contributed by atoms with van der Waals surface area (Å²) < 4.78 is 90.2. The molecule has 4 aromatic carbocycles. The highest BCUT2D eigenvalue weighted by Crippen LogP contribution is 2.45. The van der Waals surface area contributed by atoms with Gasteiger partial charge in [0.15, 0.2) is 47.7 Å². The van der Waals surface area contributed by atoms with Crippen LogP contribution in [0.3, 0.4) is 0 Å². The molecule has 45 nitrogen and oxygen atoms in total. The molecule has 45 heteroatoms. The van der Waals surface area contributed by atoms with Crippen LogP contribution < -0.4 is 54.2 Å². The number of fused-ring (bicyclic) bond motifs is 4. The molecule has 4 aromatic rings. The van der Waals surface area contributed by atoms with E-state index in [2.05, 4.69) is 29.1 Å². The minimum Gasteiger partial charge on any atom is -0.493 e. The Morgan fingerprint density at radius 2 is 0.985 bits per heavy atom. The minimum atomic E-state index is -2.07. The molecule has 11 rings (SSSR count). The van der Waals surface area contributed by atoms with Crippen molar-refractivity contribution in [2.45, 2.75) is 177 Å². The van der Waals surface area contributed by atoms with Gasteiger partial charge in [0.25, 0.3) is 23.6 Å². The minimum absolute atomic E-state index is 0.0159. The number of carbonyl (C=O) groups is 11. The van der Waals surface area contributed by atoms with Crippen LogP contribution in [0.15, 0.2) is 103 Å². The number of methoxy groups -OCH3 is 2. The number of carboxylic acids is 2.